The van der Waals surface area contributed by atoms with E-state index in [1.807, 2.05) is 26.8 Å². The molecule has 7 heteroatoms. The highest BCUT2D eigenvalue weighted by atomic mass is 16.6. The number of hydrogen-bond donors (Lipinski definition) is 2. The second-order valence-electron chi connectivity index (χ2n) is 6.19. The third-order valence-corrected chi connectivity index (χ3v) is 3.05. The summed E-state index contributed by atoms with van der Waals surface area (Å²) in [6, 6.07) is 1.89. The normalized spacial score (nSPS) is 18.0. The molecule has 1 saturated heterocycles. The molecule has 0 aliphatic carbocycles. The lowest BCUT2D eigenvalue weighted by molar-refractivity contribution is 0.0530. The van der Waals surface area contributed by atoms with Crippen molar-refractivity contribution in [1.29, 1.82) is 0 Å². The van der Waals surface area contributed by atoms with Crippen LogP contribution in [0, 0.1) is 0 Å². The van der Waals surface area contributed by atoms with Gasteiger partial charge in [0.05, 0.1) is 11.8 Å². The second kappa shape index (κ2) is 7.40. The minimum absolute atomic E-state index is 0.0726. The fraction of sp³-hybridized carbons (Fsp3) is 0.667. The topological polar surface area (TPSA) is 85.4 Å². The van der Waals surface area contributed by atoms with Gasteiger partial charge in [-0.25, -0.2) is 14.8 Å². The van der Waals surface area contributed by atoms with Gasteiger partial charge in [0.1, 0.15) is 17.7 Å². The Morgan fingerprint density at radius 1 is 1.41 bits per heavy atom. The molecule has 1 amide bonds. The van der Waals surface area contributed by atoms with Gasteiger partial charge in [-0.2, -0.15) is 0 Å². The zero-order valence-corrected chi connectivity index (χ0v) is 13.4. The van der Waals surface area contributed by atoms with Crippen molar-refractivity contribution in [1.82, 2.24) is 15.3 Å². The van der Waals surface area contributed by atoms with Gasteiger partial charge >= 0.3 is 6.09 Å². The van der Waals surface area contributed by atoms with Crippen LogP contribution in [0.3, 0.4) is 0 Å². The molecule has 0 saturated carbocycles. The molecule has 1 unspecified atom stereocenters. The molecule has 1 aliphatic heterocycles. The average molecular weight is 308 g/mol. The Bertz CT molecular complexity index is 496. The Morgan fingerprint density at radius 2 is 2.23 bits per heavy atom. The molecule has 7 nitrogen and oxygen atoms in total. The zero-order valence-electron chi connectivity index (χ0n) is 13.4. The van der Waals surface area contributed by atoms with E-state index in [1.54, 1.807) is 0 Å². The van der Waals surface area contributed by atoms with Crippen LogP contribution < -0.4 is 10.6 Å². The maximum absolute atomic E-state index is 11.5. The SMILES string of the molecule is CC(C)(C)OC(=O)NCCNc1cc(C2CCCO2)ncn1. The van der Waals surface area contributed by atoms with Crippen molar-refractivity contribution < 1.29 is 14.3 Å². The Hall–Kier alpha value is -1.89. The lowest BCUT2D eigenvalue weighted by Crippen LogP contribution is -2.35. The Morgan fingerprint density at radius 3 is 2.91 bits per heavy atom. The Kier molecular flexibility index (Phi) is 5.54. The number of ether oxygens (including phenoxy) is 2. The van der Waals surface area contributed by atoms with Gasteiger partial charge in [-0.05, 0) is 33.6 Å². The molecule has 1 fully saturated rings. The smallest absolute Gasteiger partial charge is 0.407 e. The predicted molar refractivity (Wildman–Crippen MR) is 82.7 cm³/mol. The third kappa shape index (κ3) is 5.48. The van der Waals surface area contributed by atoms with Gasteiger partial charge in [0.25, 0.3) is 0 Å². The molecule has 1 aromatic heterocycles. The maximum atomic E-state index is 11.5. The summed E-state index contributed by atoms with van der Waals surface area (Å²) in [5.74, 6) is 0.728. The van der Waals surface area contributed by atoms with E-state index < -0.39 is 11.7 Å². The van der Waals surface area contributed by atoms with Crippen molar-refractivity contribution in [3.63, 3.8) is 0 Å². The predicted octanol–water partition coefficient (Wildman–Crippen LogP) is 2.26. The first-order valence-electron chi connectivity index (χ1n) is 7.58. The van der Waals surface area contributed by atoms with Crippen LogP contribution in [0.5, 0.6) is 0 Å². The van der Waals surface area contributed by atoms with Gasteiger partial charge in [0.15, 0.2) is 0 Å². The molecule has 122 valence electrons. The number of carbonyl (C=O) groups excluding carboxylic acids is 1. The summed E-state index contributed by atoms with van der Waals surface area (Å²) in [6.45, 7) is 7.29. The maximum Gasteiger partial charge on any atom is 0.407 e. The van der Waals surface area contributed by atoms with Crippen LogP contribution in [0.4, 0.5) is 10.6 Å². The van der Waals surface area contributed by atoms with Gasteiger partial charge in [0.2, 0.25) is 0 Å². The van der Waals surface area contributed by atoms with Crippen LogP contribution in [0.1, 0.15) is 45.4 Å². The summed E-state index contributed by atoms with van der Waals surface area (Å²) in [6.07, 6.45) is 3.25. The van der Waals surface area contributed by atoms with E-state index in [4.69, 9.17) is 9.47 Å². The van der Waals surface area contributed by atoms with Crippen molar-refractivity contribution in [2.24, 2.45) is 0 Å². The van der Waals surface area contributed by atoms with Crippen LogP contribution >= 0.6 is 0 Å². The number of aromatic nitrogens is 2. The van der Waals surface area contributed by atoms with Crippen LogP contribution in [0.2, 0.25) is 0 Å². The van der Waals surface area contributed by atoms with E-state index in [-0.39, 0.29) is 6.10 Å². The highest BCUT2D eigenvalue weighted by Crippen LogP contribution is 2.27. The van der Waals surface area contributed by atoms with Crippen LogP contribution in [-0.4, -0.2) is 41.4 Å². The number of rotatable bonds is 5. The Labute approximate surface area is 130 Å². The van der Waals surface area contributed by atoms with Crippen molar-refractivity contribution >= 4 is 11.9 Å². The fourth-order valence-electron chi connectivity index (χ4n) is 2.13. The summed E-state index contributed by atoms with van der Waals surface area (Å²) in [5.41, 5.74) is 0.412. The highest BCUT2D eigenvalue weighted by molar-refractivity contribution is 5.67. The molecule has 2 N–H and O–H groups in total. The average Bonchev–Trinajstić information content (AvgIpc) is 2.96. The van der Waals surface area contributed by atoms with Crippen molar-refractivity contribution in [3.05, 3.63) is 18.1 Å². The number of anilines is 1. The summed E-state index contributed by atoms with van der Waals surface area (Å²) in [4.78, 5) is 19.9. The molecule has 0 spiro atoms. The number of nitrogens with one attached hydrogen (secondary N) is 2. The number of amides is 1. The molecule has 0 radical (unpaired) electrons. The molecule has 0 bridgehead atoms. The summed E-state index contributed by atoms with van der Waals surface area (Å²) < 4.78 is 10.8. The summed E-state index contributed by atoms with van der Waals surface area (Å²) >= 11 is 0. The summed E-state index contributed by atoms with van der Waals surface area (Å²) in [7, 11) is 0. The minimum atomic E-state index is -0.486. The van der Waals surface area contributed by atoms with Gasteiger partial charge in [-0.15, -0.1) is 0 Å². The summed E-state index contributed by atoms with van der Waals surface area (Å²) in [5, 5.41) is 5.84. The lowest BCUT2D eigenvalue weighted by atomic mass is 10.2. The van der Waals surface area contributed by atoms with E-state index >= 15 is 0 Å². The number of nitrogens with zero attached hydrogens (tertiary/aromatic N) is 2. The number of hydrogen-bond acceptors (Lipinski definition) is 6. The lowest BCUT2D eigenvalue weighted by Gasteiger charge is -2.19. The molecule has 0 aromatic carbocycles. The molecule has 1 aromatic rings. The Balaban J connectivity index is 1.73. The second-order valence-corrected chi connectivity index (χ2v) is 6.19. The molecule has 2 rings (SSSR count). The van der Waals surface area contributed by atoms with Gasteiger partial charge in [-0.1, -0.05) is 0 Å². The molecule has 2 heterocycles. The molecule has 1 aliphatic rings. The van der Waals surface area contributed by atoms with Gasteiger partial charge in [-0.3, -0.25) is 0 Å². The van der Waals surface area contributed by atoms with E-state index in [0.717, 1.165) is 31.0 Å². The van der Waals surface area contributed by atoms with Crippen molar-refractivity contribution in [3.8, 4) is 0 Å². The van der Waals surface area contributed by atoms with Crippen molar-refractivity contribution in [2.45, 2.75) is 45.3 Å². The first kappa shape index (κ1) is 16.5. The minimum Gasteiger partial charge on any atom is -0.444 e. The van der Waals surface area contributed by atoms with Gasteiger partial charge < -0.3 is 20.1 Å². The van der Waals surface area contributed by atoms with E-state index in [9.17, 15) is 4.79 Å². The van der Waals surface area contributed by atoms with Gasteiger partial charge in [0, 0.05) is 25.8 Å². The standard InChI is InChI=1S/C15H24N4O3/c1-15(2,3)22-14(20)17-7-6-16-13-9-11(18-10-19-13)12-5-4-8-21-12/h9-10,12H,4-8H2,1-3H3,(H,17,20)(H,16,18,19). The molecule has 22 heavy (non-hydrogen) atoms. The van der Waals surface area contributed by atoms with Crippen LogP contribution in [0.25, 0.3) is 0 Å². The first-order chi connectivity index (χ1) is 10.4. The number of carbonyl (C=O) groups is 1. The van der Waals surface area contributed by atoms with E-state index in [2.05, 4.69) is 20.6 Å². The molecular formula is C15H24N4O3. The van der Waals surface area contributed by atoms with Crippen molar-refractivity contribution in [2.75, 3.05) is 25.0 Å². The molecular weight excluding hydrogens is 284 g/mol. The third-order valence-electron chi connectivity index (χ3n) is 3.05. The van der Waals surface area contributed by atoms with Crippen LogP contribution in [0.15, 0.2) is 12.4 Å². The first-order valence-corrected chi connectivity index (χ1v) is 7.58. The molecule has 1 atom stereocenters. The fourth-order valence-corrected chi connectivity index (χ4v) is 2.13. The zero-order chi connectivity index (χ0) is 16.0. The number of alkyl carbamates (subject to hydrolysis) is 1. The largest absolute Gasteiger partial charge is 0.444 e. The van der Waals surface area contributed by atoms with E-state index in [1.165, 1.54) is 6.33 Å². The monoisotopic (exact) mass is 308 g/mol. The highest BCUT2D eigenvalue weighted by Gasteiger charge is 2.19. The quantitative estimate of drug-likeness (QED) is 0.812. The van der Waals surface area contributed by atoms with E-state index in [0.29, 0.717) is 13.1 Å². The van der Waals surface area contributed by atoms with Crippen LogP contribution in [-0.2, 0) is 9.47 Å².